The van der Waals surface area contributed by atoms with Gasteiger partial charge in [0.05, 0.1) is 5.69 Å². The minimum Gasteiger partial charge on any atom is -0.270 e. The van der Waals surface area contributed by atoms with Gasteiger partial charge in [-0.3, -0.25) is 4.57 Å². The van der Waals surface area contributed by atoms with Crippen molar-refractivity contribution in [2.24, 2.45) is 0 Å². The molecule has 0 aliphatic rings. The van der Waals surface area contributed by atoms with Gasteiger partial charge in [-0.1, -0.05) is 83.6 Å². The van der Waals surface area contributed by atoms with Crippen LogP contribution in [0.2, 0.25) is 0 Å². The molecule has 0 fully saturated rings. The molecule has 0 spiro atoms. The second-order valence-electron chi connectivity index (χ2n) is 7.08. The molecule has 0 amide bonds. The lowest BCUT2D eigenvalue weighted by atomic mass is 10.1. The van der Waals surface area contributed by atoms with Gasteiger partial charge in [-0.15, -0.1) is 10.2 Å². The molecular formula is C24H23N3S. The Morgan fingerprint density at radius 2 is 1.54 bits per heavy atom. The van der Waals surface area contributed by atoms with Crippen LogP contribution in [0, 0.1) is 20.8 Å². The van der Waals surface area contributed by atoms with Crippen LogP contribution in [0.3, 0.4) is 0 Å². The van der Waals surface area contributed by atoms with Gasteiger partial charge in [0.25, 0.3) is 0 Å². The number of benzene rings is 3. The van der Waals surface area contributed by atoms with Crippen molar-refractivity contribution in [3.8, 4) is 17.1 Å². The number of hydrogen-bond donors (Lipinski definition) is 0. The van der Waals surface area contributed by atoms with E-state index in [2.05, 4.69) is 108 Å². The fourth-order valence-corrected chi connectivity index (χ4v) is 4.20. The van der Waals surface area contributed by atoms with Crippen LogP contribution in [0.4, 0.5) is 0 Å². The Labute approximate surface area is 170 Å². The minimum absolute atomic E-state index is 0.861. The van der Waals surface area contributed by atoms with Crippen LogP contribution in [0.5, 0.6) is 0 Å². The highest BCUT2D eigenvalue weighted by molar-refractivity contribution is 7.98. The summed E-state index contributed by atoms with van der Waals surface area (Å²) in [5.74, 6) is 1.74. The monoisotopic (exact) mass is 385 g/mol. The summed E-state index contributed by atoms with van der Waals surface area (Å²) >= 11 is 1.72. The van der Waals surface area contributed by atoms with E-state index in [1.165, 1.54) is 22.3 Å². The normalized spacial score (nSPS) is 11.0. The molecule has 0 radical (unpaired) electrons. The molecule has 4 heteroatoms. The Bertz CT molecular complexity index is 1110. The molecule has 28 heavy (non-hydrogen) atoms. The Hall–Kier alpha value is -2.85. The summed E-state index contributed by atoms with van der Waals surface area (Å²) in [4.78, 5) is 0. The Balaban J connectivity index is 1.77. The number of rotatable bonds is 5. The second-order valence-corrected chi connectivity index (χ2v) is 8.02. The van der Waals surface area contributed by atoms with E-state index >= 15 is 0 Å². The number of hydrogen-bond acceptors (Lipinski definition) is 3. The SMILES string of the molecule is Cc1cccc(CSc2nnc(-c3cccc(C)c3)n2-c2ccccc2C)c1. The molecule has 1 heterocycles. The molecule has 0 bridgehead atoms. The molecule has 4 aromatic rings. The summed E-state index contributed by atoms with van der Waals surface area (Å²) in [7, 11) is 0. The first-order valence-corrected chi connectivity index (χ1v) is 10.4. The van der Waals surface area contributed by atoms with Crippen LogP contribution in [0.25, 0.3) is 17.1 Å². The van der Waals surface area contributed by atoms with Gasteiger partial charge in [-0.2, -0.15) is 0 Å². The highest BCUT2D eigenvalue weighted by atomic mass is 32.2. The van der Waals surface area contributed by atoms with Gasteiger partial charge in [0.1, 0.15) is 0 Å². The van der Waals surface area contributed by atoms with Crippen LogP contribution in [-0.4, -0.2) is 14.8 Å². The smallest absolute Gasteiger partial charge is 0.196 e. The van der Waals surface area contributed by atoms with E-state index in [1.54, 1.807) is 11.8 Å². The van der Waals surface area contributed by atoms with Crippen molar-refractivity contribution in [1.29, 1.82) is 0 Å². The van der Waals surface area contributed by atoms with E-state index in [1.807, 2.05) is 0 Å². The van der Waals surface area contributed by atoms with Crippen molar-refractivity contribution in [2.75, 3.05) is 0 Å². The molecule has 1 aromatic heterocycles. The molecule has 140 valence electrons. The molecule has 3 nitrogen and oxygen atoms in total. The average Bonchev–Trinajstić information content (AvgIpc) is 3.10. The summed E-state index contributed by atoms with van der Waals surface area (Å²) in [6.45, 7) is 6.36. The number of nitrogens with zero attached hydrogens (tertiary/aromatic N) is 3. The summed E-state index contributed by atoms with van der Waals surface area (Å²) in [5, 5.41) is 10.0. The van der Waals surface area contributed by atoms with Gasteiger partial charge >= 0.3 is 0 Å². The molecule has 0 saturated carbocycles. The van der Waals surface area contributed by atoms with Crippen molar-refractivity contribution >= 4 is 11.8 Å². The lowest BCUT2D eigenvalue weighted by Gasteiger charge is -2.13. The molecule has 0 saturated heterocycles. The minimum atomic E-state index is 0.861. The van der Waals surface area contributed by atoms with Crippen LogP contribution < -0.4 is 0 Å². The summed E-state index contributed by atoms with van der Waals surface area (Å²) in [5.41, 5.74) is 7.19. The van der Waals surface area contributed by atoms with Crippen LogP contribution >= 0.6 is 11.8 Å². The first kappa shape index (κ1) is 18.5. The van der Waals surface area contributed by atoms with Crippen molar-refractivity contribution in [1.82, 2.24) is 14.8 Å². The zero-order chi connectivity index (χ0) is 19.5. The van der Waals surface area contributed by atoms with Gasteiger partial charge in [-0.05, 0) is 44.0 Å². The lowest BCUT2D eigenvalue weighted by molar-refractivity contribution is 0.880. The Kier molecular flexibility index (Phi) is 5.31. The molecule has 0 aliphatic carbocycles. The predicted octanol–water partition coefficient (Wildman–Crippen LogP) is 6.15. The highest BCUT2D eigenvalue weighted by Crippen LogP contribution is 2.31. The van der Waals surface area contributed by atoms with Crippen molar-refractivity contribution in [2.45, 2.75) is 31.7 Å². The fourth-order valence-electron chi connectivity index (χ4n) is 3.32. The molecule has 3 aromatic carbocycles. The van der Waals surface area contributed by atoms with E-state index in [-0.39, 0.29) is 0 Å². The van der Waals surface area contributed by atoms with E-state index in [0.717, 1.165) is 28.0 Å². The van der Waals surface area contributed by atoms with Gasteiger partial charge < -0.3 is 0 Å². The third kappa shape index (κ3) is 3.87. The zero-order valence-electron chi connectivity index (χ0n) is 16.4. The largest absolute Gasteiger partial charge is 0.270 e. The summed E-state index contributed by atoms with van der Waals surface area (Å²) < 4.78 is 2.19. The fraction of sp³-hybridized carbons (Fsp3) is 0.167. The Morgan fingerprint density at radius 3 is 2.29 bits per heavy atom. The predicted molar refractivity (Wildman–Crippen MR) is 117 cm³/mol. The lowest BCUT2D eigenvalue weighted by Crippen LogP contribution is -2.02. The van der Waals surface area contributed by atoms with Crippen LogP contribution in [0.1, 0.15) is 22.3 Å². The summed E-state index contributed by atoms with van der Waals surface area (Å²) in [6, 6.07) is 25.4. The van der Waals surface area contributed by atoms with E-state index in [9.17, 15) is 0 Å². The number of aromatic nitrogens is 3. The van der Waals surface area contributed by atoms with Crippen LogP contribution in [0.15, 0.2) is 78.0 Å². The second kappa shape index (κ2) is 8.03. The van der Waals surface area contributed by atoms with Gasteiger partial charge in [-0.25, -0.2) is 0 Å². The topological polar surface area (TPSA) is 30.7 Å². The molecule has 0 unspecified atom stereocenters. The maximum atomic E-state index is 4.57. The quantitative estimate of drug-likeness (QED) is 0.386. The molecule has 4 rings (SSSR count). The maximum Gasteiger partial charge on any atom is 0.196 e. The van der Waals surface area contributed by atoms with Gasteiger partial charge in [0.2, 0.25) is 0 Å². The average molecular weight is 386 g/mol. The highest BCUT2D eigenvalue weighted by Gasteiger charge is 2.17. The third-order valence-electron chi connectivity index (χ3n) is 4.72. The van der Waals surface area contributed by atoms with Gasteiger partial charge in [0, 0.05) is 11.3 Å². The van der Waals surface area contributed by atoms with Crippen molar-refractivity contribution < 1.29 is 0 Å². The molecular weight excluding hydrogens is 362 g/mol. The van der Waals surface area contributed by atoms with Crippen molar-refractivity contribution in [3.63, 3.8) is 0 Å². The third-order valence-corrected chi connectivity index (χ3v) is 5.72. The van der Waals surface area contributed by atoms with E-state index in [4.69, 9.17) is 0 Å². The molecule has 0 N–H and O–H groups in total. The van der Waals surface area contributed by atoms with E-state index in [0.29, 0.717) is 0 Å². The number of para-hydroxylation sites is 1. The van der Waals surface area contributed by atoms with E-state index < -0.39 is 0 Å². The number of thioether (sulfide) groups is 1. The summed E-state index contributed by atoms with van der Waals surface area (Å²) in [6.07, 6.45) is 0. The van der Waals surface area contributed by atoms with Crippen molar-refractivity contribution in [3.05, 3.63) is 95.1 Å². The first-order valence-electron chi connectivity index (χ1n) is 9.38. The zero-order valence-corrected chi connectivity index (χ0v) is 17.2. The Morgan fingerprint density at radius 1 is 0.786 bits per heavy atom. The first-order chi connectivity index (χ1) is 13.6. The molecule has 0 aliphatic heterocycles. The van der Waals surface area contributed by atoms with Gasteiger partial charge in [0.15, 0.2) is 11.0 Å². The molecule has 0 atom stereocenters. The number of aryl methyl sites for hydroxylation is 3. The maximum absolute atomic E-state index is 4.57. The van der Waals surface area contributed by atoms with Crippen LogP contribution in [-0.2, 0) is 5.75 Å². The standard InChI is InChI=1S/C24H23N3S/c1-17-8-6-11-20(14-17)16-28-24-26-25-23(21-12-7-9-18(2)15-21)27(24)22-13-5-4-10-19(22)3/h4-15H,16H2,1-3H3.